The van der Waals surface area contributed by atoms with Crippen molar-refractivity contribution in [1.82, 2.24) is 0 Å². The molecule has 0 amide bonds. The molecule has 1 aromatic carbocycles. The maximum atomic E-state index is 3.76. The van der Waals surface area contributed by atoms with Crippen LogP contribution in [-0.4, -0.2) is 0 Å². The maximum absolute atomic E-state index is 3.76. The van der Waals surface area contributed by atoms with Crippen molar-refractivity contribution < 1.29 is 0 Å². The van der Waals surface area contributed by atoms with E-state index in [1.54, 1.807) is 6.08 Å². The Morgan fingerprint density at radius 1 is 1.07 bits per heavy atom. The number of hydrogen-bond donors (Lipinski definition) is 0. The summed E-state index contributed by atoms with van der Waals surface area (Å²) in [4.78, 5) is 0. The van der Waals surface area contributed by atoms with Gasteiger partial charge in [-0.2, -0.15) is 0 Å². The van der Waals surface area contributed by atoms with Crippen LogP contribution < -0.4 is 0 Å². The Balaban J connectivity index is 0.000000921. The molecular weight excluding hydrogens is 180 g/mol. The lowest BCUT2D eigenvalue weighted by atomic mass is 10.0. The molecule has 0 atom stereocenters. The first-order valence-corrected chi connectivity index (χ1v) is 4.80. The molecule has 0 nitrogen and oxygen atoms in total. The smallest absolute Gasteiger partial charge is 0.0184 e. The zero-order valence-corrected chi connectivity index (χ0v) is 9.37. The van der Waals surface area contributed by atoms with E-state index in [1.165, 1.54) is 11.1 Å². The molecule has 0 bridgehead atoms. The third-order valence-electron chi connectivity index (χ3n) is 1.90. The standard InChI is InChI=1S/C13H14.C2H4/c1-4-6-12(5-2)13-9-7-11(3)8-10-13;1-2/h4-10H,1-2H2,3H3;1-2H2/b12-6+;. The van der Waals surface area contributed by atoms with Crippen LogP contribution in [0.25, 0.3) is 5.57 Å². The van der Waals surface area contributed by atoms with Gasteiger partial charge in [0.1, 0.15) is 0 Å². The second kappa shape index (κ2) is 7.57. The topological polar surface area (TPSA) is 0 Å². The van der Waals surface area contributed by atoms with Gasteiger partial charge >= 0.3 is 0 Å². The first kappa shape index (κ1) is 13.2. The Morgan fingerprint density at radius 2 is 1.60 bits per heavy atom. The van der Waals surface area contributed by atoms with Crippen LogP contribution >= 0.6 is 0 Å². The quantitative estimate of drug-likeness (QED) is 0.493. The molecule has 0 aliphatic rings. The van der Waals surface area contributed by atoms with Crippen molar-refractivity contribution in [2.45, 2.75) is 6.92 Å². The molecule has 0 aromatic heterocycles. The van der Waals surface area contributed by atoms with E-state index >= 15 is 0 Å². The SMILES string of the molecule is C=C.C=C/C=C(\C=C)c1ccc(C)cc1. The van der Waals surface area contributed by atoms with Gasteiger partial charge in [0.05, 0.1) is 0 Å². The fraction of sp³-hybridized carbons (Fsp3) is 0.0667. The number of hydrogen-bond acceptors (Lipinski definition) is 0. The Morgan fingerprint density at radius 3 is 2.00 bits per heavy atom. The van der Waals surface area contributed by atoms with Crippen LogP contribution in [0, 0.1) is 6.92 Å². The van der Waals surface area contributed by atoms with Crippen molar-refractivity contribution >= 4 is 5.57 Å². The lowest BCUT2D eigenvalue weighted by Gasteiger charge is -2.01. The van der Waals surface area contributed by atoms with E-state index < -0.39 is 0 Å². The molecule has 0 aliphatic heterocycles. The van der Waals surface area contributed by atoms with E-state index in [-0.39, 0.29) is 0 Å². The molecule has 0 unspecified atom stereocenters. The average Bonchev–Trinajstić information content (AvgIpc) is 2.30. The van der Waals surface area contributed by atoms with Gasteiger partial charge in [0, 0.05) is 0 Å². The van der Waals surface area contributed by atoms with Crippen molar-refractivity contribution in [3.05, 3.63) is 79.9 Å². The van der Waals surface area contributed by atoms with Crippen LogP contribution in [0.3, 0.4) is 0 Å². The molecule has 78 valence electrons. The van der Waals surface area contributed by atoms with Crippen LogP contribution in [0.1, 0.15) is 11.1 Å². The lowest BCUT2D eigenvalue weighted by Crippen LogP contribution is -1.80. The minimum Gasteiger partial charge on any atom is -0.106 e. The number of aryl methyl sites for hydroxylation is 1. The monoisotopic (exact) mass is 198 g/mol. The number of rotatable bonds is 3. The third-order valence-corrected chi connectivity index (χ3v) is 1.90. The van der Waals surface area contributed by atoms with Gasteiger partial charge in [-0.05, 0) is 18.1 Å². The number of benzene rings is 1. The summed E-state index contributed by atoms with van der Waals surface area (Å²) in [7, 11) is 0. The van der Waals surface area contributed by atoms with Crippen LogP contribution in [0.15, 0.2) is 68.8 Å². The Labute approximate surface area is 93.0 Å². The van der Waals surface area contributed by atoms with Gasteiger partial charge in [0.15, 0.2) is 0 Å². The normalized spacial score (nSPS) is 9.80. The predicted octanol–water partition coefficient (Wildman–Crippen LogP) is 4.55. The summed E-state index contributed by atoms with van der Waals surface area (Å²) >= 11 is 0. The van der Waals surface area contributed by atoms with Gasteiger partial charge in [-0.1, -0.05) is 61.2 Å². The first-order chi connectivity index (χ1) is 7.27. The van der Waals surface area contributed by atoms with E-state index in [1.807, 2.05) is 12.2 Å². The highest BCUT2D eigenvalue weighted by atomic mass is 14.0. The number of allylic oxidation sites excluding steroid dienone is 4. The van der Waals surface area contributed by atoms with Crippen LogP contribution in [0.2, 0.25) is 0 Å². The van der Waals surface area contributed by atoms with Crippen molar-refractivity contribution in [2.75, 3.05) is 0 Å². The largest absolute Gasteiger partial charge is 0.106 e. The molecular formula is C15H18. The second-order valence-corrected chi connectivity index (χ2v) is 2.93. The van der Waals surface area contributed by atoms with Gasteiger partial charge in [0.2, 0.25) is 0 Å². The molecule has 0 fully saturated rings. The van der Waals surface area contributed by atoms with Crippen LogP contribution in [0.4, 0.5) is 0 Å². The molecule has 0 spiro atoms. The van der Waals surface area contributed by atoms with E-state index in [9.17, 15) is 0 Å². The molecule has 0 heteroatoms. The highest BCUT2D eigenvalue weighted by Crippen LogP contribution is 2.15. The van der Waals surface area contributed by atoms with Crippen molar-refractivity contribution in [3.63, 3.8) is 0 Å². The van der Waals surface area contributed by atoms with Gasteiger partial charge in [-0.25, -0.2) is 0 Å². The van der Waals surface area contributed by atoms with Crippen molar-refractivity contribution in [1.29, 1.82) is 0 Å². The molecule has 1 rings (SSSR count). The van der Waals surface area contributed by atoms with Gasteiger partial charge < -0.3 is 0 Å². The zero-order chi connectivity index (χ0) is 11.7. The highest BCUT2D eigenvalue weighted by molar-refractivity contribution is 5.74. The van der Waals surface area contributed by atoms with Crippen LogP contribution in [0.5, 0.6) is 0 Å². The van der Waals surface area contributed by atoms with Crippen molar-refractivity contribution in [2.24, 2.45) is 0 Å². The van der Waals surface area contributed by atoms with Crippen molar-refractivity contribution in [3.8, 4) is 0 Å². The van der Waals surface area contributed by atoms with Gasteiger partial charge in [-0.3, -0.25) is 0 Å². The minimum atomic E-state index is 1.11. The molecule has 0 radical (unpaired) electrons. The molecule has 0 aliphatic carbocycles. The maximum Gasteiger partial charge on any atom is -0.0184 e. The lowest BCUT2D eigenvalue weighted by molar-refractivity contribution is 1.45. The summed E-state index contributed by atoms with van der Waals surface area (Å²) in [5, 5.41) is 0. The molecule has 0 saturated heterocycles. The molecule has 0 saturated carbocycles. The van der Waals surface area contributed by atoms with E-state index in [0.717, 1.165) is 5.57 Å². The van der Waals surface area contributed by atoms with E-state index in [0.29, 0.717) is 0 Å². The predicted molar refractivity (Wildman–Crippen MR) is 70.8 cm³/mol. The molecule has 15 heavy (non-hydrogen) atoms. The Bertz CT molecular complexity index is 339. The average molecular weight is 198 g/mol. The summed E-state index contributed by atoms with van der Waals surface area (Å²) in [5.41, 5.74) is 3.56. The van der Waals surface area contributed by atoms with E-state index in [2.05, 4.69) is 57.5 Å². The molecule has 0 N–H and O–H groups in total. The van der Waals surface area contributed by atoms with Crippen LogP contribution in [-0.2, 0) is 0 Å². The second-order valence-electron chi connectivity index (χ2n) is 2.93. The molecule has 1 aromatic rings. The summed E-state index contributed by atoms with van der Waals surface area (Å²) in [6, 6.07) is 8.37. The third kappa shape index (κ3) is 4.28. The Kier molecular flexibility index (Phi) is 6.65. The summed E-state index contributed by atoms with van der Waals surface area (Å²) in [5.74, 6) is 0. The fourth-order valence-corrected chi connectivity index (χ4v) is 1.16. The summed E-state index contributed by atoms with van der Waals surface area (Å²) in [6.07, 6.45) is 5.57. The zero-order valence-electron chi connectivity index (χ0n) is 9.37. The molecule has 0 heterocycles. The Hall–Kier alpha value is -1.82. The van der Waals surface area contributed by atoms with Gasteiger partial charge in [0.25, 0.3) is 0 Å². The minimum absolute atomic E-state index is 1.11. The fourth-order valence-electron chi connectivity index (χ4n) is 1.16. The van der Waals surface area contributed by atoms with Gasteiger partial charge in [-0.15, -0.1) is 13.2 Å². The van der Waals surface area contributed by atoms with E-state index in [4.69, 9.17) is 0 Å². The summed E-state index contributed by atoms with van der Waals surface area (Å²) < 4.78 is 0. The first-order valence-electron chi connectivity index (χ1n) is 4.80. The highest BCUT2D eigenvalue weighted by Gasteiger charge is 1.94. The summed E-state index contributed by atoms with van der Waals surface area (Å²) in [6.45, 7) is 15.5.